The van der Waals surface area contributed by atoms with Gasteiger partial charge in [-0.25, -0.2) is 0 Å². The minimum absolute atomic E-state index is 0.167. The molecule has 1 aromatic carbocycles. The van der Waals surface area contributed by atoms with Gasteiger partial charge in [0.1, 0.15) is 0 Å². The van der Waals surface area contributed by atoms with Crippen molar-refractivity contribution in [3.63, 3.8) is 0 Å². The van der Waals surface area contributed by atoms with Gasteiger partial charge in [0.25, 0.3) is 0 Å². The molecule has 0 aliphatic carbocycles. The van der Waals surface area contributed by atoms with Crippen LogP contribution in [0.3, 0.4) is 0 Å². The molecule has 14 heavy (non-hydrogen) atoms. The van der Waals surface area contributed by atoms with Crippen LogP contribution >= 0.6 is 11.6 Å². The van der Waals surface area contributed by atoms with Gasteiger partial charge >= 0.3 is 6.18 Å². The maximum atomic E-state index is 12.4. The smallest absolute Gasteiger partial charge is 0.309 e. The van der Waals surface area contributed by atoms with Crippen LogP contribution < -0.4 is 5.32 Å². The van der Waals surface area contributed by atoms with E-state index in [0.29, 0.717) is 18.7 Å². The zero-order valence-electron chi connectivity index (χ0n) is 7.08. The first-order chi connectivity index (χ1) is 6.50. The molecule has 1 N–H and O–H groups in total. The fraction of sp³-hybridized carbons (Fsp3) is 0.333. The van der Waals surface area contributed by atoms with Crippen LogP contribution in [0, 0.1) is 0 Å². The van der Waals surface area contributed by atoms with E-state index in [9.17, 15) is 13.2 Å². The first kappa shape index (κ1) is 9.80. The molecular weight excluding hydrogens is 215 g/mol. The molecule has 1 heterocycles. The van der Waals surface area contributed by atoms with E-state index in [0.717, 1.165) is 11.6 Å². The van der Waals surface area contributed by atoms with Crippen LogP contribution in [-0.2, 0) is 19.3 Å². The largest absolute Gasteiger partial charge is 0.417 e. The zero-order chi connectivity index (χ0) is 10.3. The molecule has 1 nitrogen and oxygen atoms in total. The summed E-state index contributed by atoms with van der Waals surface area (Å²) >= 11 is 5.68. The van der Waals surface area contributed by atoms with Gasteiger partial charge in [0.05, 0.1) is 10.6 Å². The van der Waals surface area contributed by atoms with E-state index >= 15 is 0 Å². The van der Waals surface area contributed by atoms with Crippen molar-refractivity contribution in [2.45, 2.75) is 19.3 Å². The predicted octanol–water partition coefficient (Wildman–Crippen LogP) is 2.96. The summed E-state index contributed by atoms with van der Waals surface area (Å²) in [5.74, 6) is 0. The van der Waals surface area contributed by atoms with Gasteiger partial charge in [-0.15, -0.1) is 0 Å². The van der Waals surface area contributed by atoms with Crippen LogP contribution in [-0.4, -0.2) is 0 Å². The quantitative estimate of drug-likeness (QED) is 0.710. The molecule has 0 atom stereocenters. The molecule has 0 spiro atoms. The number of benzene rings is 1. The molecule has 0 bridgehead atoms. The van der Waals surface area contributed by atoms with Gasteiger partial charge in [0.2, 0.25) is 0 Å². The summed E-state index contributed by atoms with van der Waals surface area (Å²) in [5.41, 5.74) is 0.672. The summed E-state index contributed by atoms with van der Waals surface area (Å²) in [6.45, 7) is 1.01. The van der Waals surface area contributed by atoms with E-state index in [1.165, 1.54) is 6.07 Å². The van der Waals surface area contributed by atoms with Crippen molar-refractivity contribution in [2.24, 2.45) is 0 Å². The number of alkyl halides is 3. The molecule has 0 radical (unpaired) electrons. The van der Waals surface area contributed by atoms with Crippen molar-refractivity contribution >= 4 is 11.6 Å². The van der Waals surface area contributed by atoms with Gasteiger partial charge in [-0.1, -0.05) is 17.7 Å². The van der Waals surface area contributed by atoms with Crippen molar-refractivity contribution in [3.05, 3.63) is 33.8 Å². The molecule has 0 saturated heterocycles. The highest BCUT2D eigenvalue weighted by Crippen LogP contribution is 2.38. The Labute approximate surface area is 83.9 Å². The number of nitrogens with one attached hydrogen (secondary N) is 1. The van der Waals surface area contributed by atoms with E-state index in [4.69, 9.17) is 11.6 Å². The van der Waals surface area contributed by atoms with Crippen molar-refractivity contribution in [3.8, 4) is 0 Å². The number of fused-ring (bicyclic) bond motifs is 1. The minimum Gasteiger partial charge on any atom is -0.309 e. The maximum absolute atomic E-state index is 12.4. The maximum Gasteiger partial charge on any atom is 0.417 e. The normalized spacial score (nSPS) is 15.7. The van der Waals surface area contributed by atoms with Crippen LogP contribution in [0.2, 0.25) is 5.02 Å². The highest BCUT2D eigenvalue weighted by Gasteiger charge is 2.35. The van der Waals surface area contributed by atoms with Crippen molar-refractivity contribution in [2.75, 3.05) is 0 Å². The molecular formula is C9H7ClF3N. The Balaban J connectivity index is 2.56. The van der Waals surface area contributed by atoms with E-state index in [1.54, 1.807) is 0 Å². The van der Waals surface area contributed by atoms with Gasteiger partial charge in [-0.3, -0.25) is 0 Å². The summed E-state index contributed by atoms with van der Waals surface area (Å²) in [4.78, 5) is 0. The molecule has 0 amide bonds. The number of rotatable bonds is 0. The Kier molecular flexibility index (Phi) is 2.20. The number of halogens is 4. The van der Waals surface area contributed by atoms with E-state index in [-0.39, 0.29) is 5.02 Å². The third-order valence-corrected chi connectivity index (χ3v) is 2.69. The zero-order valence-corrected chi connectivity index (χ0v) is 7.84. The molecule has 1 aromatic rings. The molecule has 2 rings (SSSR count). The molecule has 76 valence electrons. The third-order valence-electron chi connectivity index (χ3n) is 2.26. The van der Waals surface area contributed by atoms with Crippen molar-refractivity contribution in [1.29, 1.82) is 0 Å². The Bertz CT molecular complexity index is 373. The average Bonchev–Trinajstić information content (AvgIpc) is 2.50. The standard InChI is InChI=1S/C9H7ClF3N/c10-8-6-4-14-3-5(6)1-2-7(8)9(11,12)13/h1-2,14H,3-4H2. The lowest BCUT2D eigenvalue weighted by atomic mass is 10.1. The third kappa shape index (κ3) is 1.48. The second-order valence-electron chi connectivity index (χ2n) is 3.17. The van der Waals surface area contributed by atoms with Gasteiger partial charge in [0, 0.05) is 13.1 Å². The van der Waals surface area contributed by atoms with Crippen LogP contribution in [0.15, 0.2) is 12.1 Å². The summed E-state index contributed by atoms with van der Waals surface area (Å²) < 4.78 is 37.2. The monoisotopic (exact) mass is 221 g/mol. The molecule has 5 heteroatoms. The van der Waals surface area contributed by atoms with E-state index in [2.05, 4.69) is 5.32 Å². The number of hydrogen-bond acceptors (Lipinski definition) is 1. The molecule has 0 saturated carbocycles. The van der Waals surface area contributed by atoms with Crippen LogP contribution in [0.1, 0.15) is 16.7 Å². The van der Waals surface area contributed by atoms with Crippen LogP contribution in [0.25, 0.3) is 0 Å². The highest BCUT2D eigenvalue weighted by atomic mass is 35.5. The lowest BCUT2D eigenvalue weighted by Crippen LogP contribution is -2.07. The topological polar surface area (TPSA) is 12.0 Å². The highest BCUT2D eigenvalue weighted by molar-refractivity contribution is 6.32. The lowest BCUT2D eigenvalue weighted by Gasteiger charge is -2.11. The number of hydrogen-bond donors (Lipinski definition) is 1. The second kappa shape index (κ2) is 3.14. The summed E-state index contributed by atoms with van der Waals surface area (Å²) in [6.07, 6.45) is -4.37. The SMILES string of the molecule is FC(F)(F)c1ccc2c(c1Cl)CNC2. The Morgan fingerprint density at radius 1 is 1.21 bits per heavy atom. The van der Waals surface area contributed by atoms with Gasteiger partial charge in [-0.05, 0) is 17.2 Å². The fourth-order valence-electron chi connectivity index (χ4n) is 1.56. The molecule has 0 unspecified atom stereocenters. The predicted molar refractivity (Wildman–Crippen MR) is 47.0 cm³/mol. The second-order valence-corrected chi connectivity index (χ2v) is 3.54. The molecule has 1 aliphatic heterocycles. The molecule has 0 fully saturated rings. The summed E-state index contributed by atoms with van der Waals surface area (Å²) in [6, 6.07) is 2.51. The van der Waals surface area contributed by atoms with Gasteiger partial charge < -0.3 is 5.32 Å². The van der Waals surface area contributed by atoms with E-state index < -0.39 is 11.7 Å². The van der Waals surface area contributed by atoms with Crippen LogP contribution in [0.4, 0.5) is 13.2 Å². The summed E-state index contributed by atoms with van der Waals surface area (Å²) in [5, 5.41) is 2.79. The van der Waals surface area contributed by atoms with Crippen molar-refractivity contribution < 1.29 is 13.2 Å². The van der Waals surface area contributed by atoms with Crippen molar-refractivity contribution in [1.82, 2.24) is 5.32 Å². The van der Waals surface area contributed by atoms with Gasteiger partial charge in [-0.2, -0.15) is 13.2 Å². The first-order valence-corrected chi connectivity index (χ1v) is 4.46. The molecule has 0 aromatic heterocycles. The molecule has 1 aliphatic rings. The fourth-order valence-corrected chi connectivity index (χ4v) is 1.92. The summed E-state index contributed by atoms with van der Waals surface area (Å²) in [7, 11) is 0. The average molecular weight is 222 g/mol. The Hall–Kier alpha value is -0.740. The lowest BCUT2D eigenvalue weighted by molar-refractivity contribution is -0.137. The minimum atomic E-state index is -4.37. The first-order valence-electron chi connectivity index (χ1n) is 4.08. The van der Waals surface area contributed by atoms with Crippen LogP contribution in [0.5, 0.6) is 0 Å². The Morgan fingerprint density at radius 3 is 2.57 bits per heavy atom. The van der Waals surface area contributed by atoms with Gasteiger partial charge in [0.15, 0.2) is 0 Å². The van der Waals surface area contributed by atoms with E-state index in [1.807, 2.05) is 0 Å². The Morgan fingerprint density at radius 2 is 1.93 bits per heavy atom.